The molecule has 0 aliphatic heterocycles. The summed E-state index contributed by atoms with van der Waals surface area (Å²) < 4.78 is 31.6. The van der Waals surface area contributed by atoms with Crippen molar-refractivity contribution in [3.63, 3.8) is 0 Å². The molecule has 0 heterocycles. The summed E-state index contributed by atoms with van der Waals surface area (Å²) in [4.78, 5) is 0. The van der Waals surface area contributed by atoms with Gasteiger partial charge in [-0.3, -0.25) is 9.11 Å². The van der Waals surface area contributed by atoms with E-state index in [1.165, 1.54) is 0 Å². The van der Waals surface area contributed by atoms with E-state index in [2.05, 4.69) is 0 Å². The van der Waals surface area contributed by atoms with E-state index < -0.39 is 10.4 Å². The van der Waals surface area contributed by atoms with E-state index in [0.717, 1.165) is 0 Å². The number of hydrogen-bond acceptors (Lipinski definition) is 2. The zero-order valence-electron chi connectivity index (χ0n) is 5.62. The first-order valence-corrected chi connectivity index (χ1v) is 2.10. The van der Waals surface area contributed by atoms with E-state index in [4.69, 9.17) is 17.5 Å². The molecule has 90 valence electrons. The van der Waals surface area contributed by atoms with Gasteiger partial charge in [-0.15, -0.1) is 0 Å². The van der Waals surface area contributed by atoms with Gasteiger partial charge in [0.15, 0.2) is 0 Å². The van der Waals surface area contributed by atoms with Crippen molar-refractivity contribution in [3.8, 4) is 0 Å². The second kappa shape index (κ2) is 38.9. The Bertz CT molecular complexity index is 93.3. The maximum absolute atomic E-state index is 8.74. The summed E-state index contributed by atoms with van der Waals surface area (Å²) in [6.45, 7) is 0. The molecule has 0 atom stereocenters. The average molecular weight is 248 g/mol. The minimum atomic E-state index is -4.67. The summed E-state index contributed by atoms with van der Waals surface area (Å²) in [6.07, 6.45) is 0. The molecule has 0 unspecified atom stereocenters. The van der Waals surface area contributed by atoms with Crippen molar-refractivity contribution in [1.29, 1.82) is 0 Å². The molecule has 13 heavy (non-hydrogen) atoms. The SMILES string of the molecule is O.O.O.O.O.O.O.O=S(=O)(O)O.[NaH]. The van der Waals surface area contributed by atoms with E-state index in [-0.39, 0.29) is 67.9 Å². The predicted molar refractivity (Wildman–Crippen MR) is 46.6 cm³/mol. The van der Waals surface area contributed by atoms with E-state index in [1.807, 2.05) is 0 Å². The normalized spacial score (nSPS) is 4.46. The van der Waals surface area contributed by atoms with Gasteiger partial charge in [-0.25, -0.2) is 0 Å². The van der Waals surface area contributed by atoms with Crippen molar-refractivity contribution in [2.24, 2.45) is 0 Å². The standard InChI is InChI=1S/Na.H2O4S.7H2O.H/c;1-5(2,3)4;;;;;;;;/h;(H2,1,2,3,4);7*1H2;. The number of rotatable bonds is 0. The molecule has 0 radical (unpaired) electrons. The van der Waals surface area contributed by atoms with E-state index in [0.29, 0.717) is 0 Å². The van der Waals surface area contributed by atoms with Gasteiger partial charge in [0.05, 0.1) is 0 Å². The predicted octanol–water partition coefficient (Wildman–Crippen LogP) is -7.07. The summed E-state index contributed by atoms with van der Waals surface area (Å²) in [6, 6.07) is 0. The van der Waals surface area contributed by atoms with Crippen molar-refractivity contribution < 1.29 is 55.9 Å². The Balaban J connectivity index is -0.00000000286. The first kappa shape index (κ1) is 102. The van der Waals surface area contributed by atoms with Gasteiger partial charge in [0.25, 0.3) is 0 Å². The topological polar surface area (TPSA) is 295 Å². The van der Waals surface area contributed by atoms with Crippen LogP contribution in [0.5, 0.6) is 0 Å². The van der Waals surface area contributed by atoms with Crippen molar-refractivity contribution in [1.82, 2.24) is 0 Å². The summed E-state index contributed by atoms with van der Waals surface area (Å²) in [5, 5.41) is 0. The van der Waals surface area contributed by atoms with Gasteiger partial charge in [0, 0.05) is 0 Å². The van der Waals surface area contributed by atoms with Crippen molar-refractivity contribution in [3.05, 3.63) is 0 Å². The van der Waals surface area contributed by atoms with Gasteiger partial charge in [0.2, 0.25) is 0 Å². The molecule has 0 spiro atoms. The third kappa shape index (κ3) is 4060. The molecule has 0 fully saturated rings. The van der Waals surface area contributed by atoms with Crippen LogP contribution in [0.15, 0.2) is 0 Å². The molecule has 0 aromatic heterocycles. The monoisotopic (exact) mass is 248 g/mol. The van der Waals surface area contributed by atoms with Crippen LogP contribution in [0.1, 0.15) is 0 Å². The maximum atomic E-state index is 8.74. The average Bonchev–Trinajstić information content (AvgIpc) is 0.722. The fourth-order valence-electron chi connectivity index (χ4n) is 0. The van der Waals surface area contributed by atoms with Gasteiger partial charge in [-0.05, 0) is 0 Å². The molecule has 0 bridgehead atoms. The molecule has 0 rings (SSSR count). The zero-order valence-corrected chi connectivity index (χ0v) is 6.44. The summed E-state index contributed by atoms with van der Waals surface area (Å²) in [5.41, 5.74) is 0. The van der Waals surface area contributed by atoms with Gasteiger partial charge >= 0.3 is 40.0 Å². The molecule has 0 saturated heterocycles. The zero-order chi connectivity index (χ0) is 4.50. The Morgan fingerprint density at radius 2 is 0.615 bits per heavy atom. The van der Waals surface area contributed by atoms with E-state index >= 15 is 0 Å². The molecule has 11 nitrogen and oxygen atoms in total. The Hall–Kier alpha value is 0.590. The fraction of sp³-hybridized carbons (Fsp3) is 0. The summed E-state index contributed by atoms with van der Waals surface area (Å²) in [5.74, 6) is 0. The van der Waals surface area contributed by atoms with Gasteiger partial charge in [-0.2, -0.15) is 8.42 Å². The molecule has 0 amide bonds. The van der Waals surface area contributed by atoms with Crippen LogP contribution < -0.4 is 0 Å². The van der Waals surface area contributed by atoms with Crippen LogP contribution >= 0.6 is 0 Å². The Kier molecular flexibility index (Phi) is 306. The fourth-order valence-corrected chi connectivity index (χ4v) is 0. The van der Waals surface area contributed by atoms with E-state index in [1.54, 1.807) is 0 Å². The van der Waals surface area contributed by atoms with Crippen LogP contribution in [-0.2, 0) is 10.4 Å². The molecule has 0 aromatic carbocycles. The first-order chi connectivity index (χ1) is 2.00. The molecule has 16 N–H and O–H groups in total. The third-order valence-electron chi connectivity index (χ3n) is 0. The van der Waals surface area contributed by atoms with Crippen LogP contribution in [0.2, 0.25) is 0 Å². The van der Waals surface area contributed by atoms with E-state index in [9.17, 15) is 0 Å². The van der Waals surface area contributed by atoms with Crippen molar-refractivity contribution >= 4 is 40.0 Å². The first-order valence-electron chi connectivity index (χ1n) is 0.698. The molecule has 0 aliphatic rings. The molecule has 13 heteroatoms. The van der Waals surface area contributed by atoms with Crippen molar-refractivity contribution in [2.75, 3.05) is 0 Å². The second-order valence-electron chi connectivity index (χ2n) is 0.448. The Morgan fingerprint density at radius 3 is 0.615 bits per heavy atom. The second-order valence-corrected chi connectivity index (χ2v) is 1.34. The minimum absolute atomic E-state index is 0. The molecule has 0 saturated carbocycles. The third-order valence-corrected chi connectivity index (χ3v) is 0. The van der Waals surface area contributed by atoms with Crippen LogP contribution in [0.4, 0.5) is 0 Å². The summed E-state index contributed by atoms with van der Waals surface area (Å²) >= 11 is 0. The molecule has 0 aliphatic carbocycles. The van der Waals surface area contributed by atoms with Crippen LogP contribution in [-0.4, -0.2) is 85.4 Å². The Morgan fingerprint density at radius 1 is 0.615 bits per heavy atom. The quantitative estimate of drug-likeness (QED) is 0.311. The van der Waals surface area contributed by atoms with Crippen LogP contribution in [0.25, 0.3) is 0 Å². The van der Waals surface area contributed by atoms with Crippen LogP contribution in [0, 0.1) is 0 Å². The molecular formula is H17NaO11S. The van der Waals surface area contributed by atoms with Gasteiger partial charge in [-0.1, -0.05) is 0 Å². The van der Waals surface area contributed by atoms with Gasteiger partial charge in [0.1, 0.15) is 0 Å². The molecule has 0 aromatic rings. The van der Waals surface area contributed by atoms with Crippen LogP contribution in [0.3, 0.4) is 0 Å². The summed E-state index contributed by atoms with van der Waals surface area (Å²) in [7, 11) is -4.67. The van der Waals surface area contributed by atoms with Gasteiger partial charge < -0.3 is 38.3 Å². The number of hydrogen-bond donors (Lipinski definition) is 2. The molecular weight excluding hydrogens is 231 g/mol. The van der Waals surface area contributed by atoms with Crippen molar-refractivity contribution in [2.45, 2.75) is 0 Å². The Labute approximate surface area is 95.8 Å².